The van der Waals surface area contributed by atoms with Crippen LogP contribution in [0.2, 0.25) is 0 Å². The van der Waals surface area contributed by atoms with Crippen LogP contribution in [0.25, 0.3) is 16.6 Å². The van der Waals surface area contributed by atoms with Crippen molar-refractivity contribution < 1.29 is 0 Å². The molecule has 0 saturated heterocycles. The van der Waals surface area contributed by atoms with E-state index in [4.69, 9.17) is 16.0 Å². The highest BCUT2D eigenvalue weighted by molar-refractivity contribution is 7.98. The summed E-state index contributed by atoms with van der Waals surface area (Å²) in [5, 5.41) is 13.2. The maximum atomic E-state index is 13.4. The molecule has 0 saturated carbocycles. The Hall–Kier alpha value is -4.75. The van der Waals surface area contributed by atoms with E-state index in [0.717, 1.165) is 5.69 Å². The second-order valence-corrected chi connectivity index (χ2v) is 8.37. The predicted octanol–water partition coefficient (Wildman–Crippen LogP) is 4.06. The molecule has 3 N–H and O–H groups in total. The number of para-hydroxylation sites is 2. The molecule has 2 heterocycles. The topological polar surface area (TPSA) is 135 Å². The Balaban J connectivity index is 1.50. The molecule has 35 heavy (non-hydrogen) atoms. The highest BCUT2D eigenvalue weighted by Gasteiger charge is 2.15. The van der Waals surface area contributed by atoms with E-state index in [1.807, 2.05) is 36.4 Å². The number of rotatable bonds is 6. The molecular weight excluding hydrogens is 460 g/mol. The molecule has 5 rings (SSSR count). The van der Waals surface area contributed by atoms with Crippen LogP contribution in [-0.4, -0.2) is 24.5 Å². The summed E-state index contributed by atoms with van der Waals surface area (Å²) in [6.45, 7) is 0. The monoisotopic (exact) mass is 478 g/mol. The first-order valence-corrected chi connectivity index (χ1v) is 11.6. The zero-order valence-electron chi connectivity index (χ0n) is 18.3. The molecule has 0 aliphatic rings. The van der Waals surface area contributed by atoms with Gasteiger partial charge in [-0.3, -0.25) is 9.36 Å². The fourth-order valence-electron chi connectivity index (χ4n) is 3.46. The number of fused-ring (bicyclic) bond motifs is 1. The maximum Gasteiger partial charge on any atom is 0.266 e. The number of nitrogens with one attached hydrogen (secondary N) is 1. The average molecular weight is 479 g/mol. The normalized spacial score (nSPS) is 10.7. The highest BCUT2D eigenvalue weighted by atomic mass is 32.2. The Morgan fingerprint density at radius 2 is 1.66 bits per heavy atom. The number of hydrogen-bond donors (Lipinski definition) is 2. The lowest BCUT2D eigenvalue weighted by Gasteiger charge is -2.13. The molecule has 170 valence electrons. The molecule has 9 nitrogen and oxygen atoms in total. The summed E-state index contributed by atoms with van der Waals surface area (Å²) in [7, 11) is 0. The highest BCUT2D eigenvalue weighted by Crippen LogP contribution is 2.24. The fourth-order valence-corrected chi connectivity index (χ4v) is 4.33. The van der Waals surface area contributed by atoms with Crippen LogP contribution in [0.15, 0.2) is 88.8 Å². The first-order chi connectivity index (χ1) is 17.1. The SMILES string of the molecule is N#Cc1ccc(-n2c(SCc3nc(N)nc(Nc4ccccc4)n3)nc3ccccc3c2=O)cc1. The van der Waals surface area contributed by atoms with Crippen molar-refractivity contribution >= 4 is 40.2 Å². The van der Waals surface area contributed by atoms with E-state index < -0.39 is 0 Å². The van der Waals surface area contributed by atoms with Crippen molar-refractivity contribution in [2.75, 3.05) is 11.1 Å². The van der Waals surface area contributed by atoms with Crippen molar-refractivity contribution in [3.63, 3.8) is 0 Å². The molecule has 0 spiro atoms. The first-order valence-electron chi connectivity index (χ1n) is 10.6. The summed E-state index contributed by atoms with van der Waals surface area (Å²) in [5.74, 6) is 1.16. The van der Waals surface area contributed by atoms with E-state index in [1.54, 1.807) is 42.5 Å². The second kappa shape index (κ2) is 9.62. The summed E-state index contributed by atoms with van der Waals surface area (Å²) in [6.07, 6.45) is 0. The van der Waals surface area contributed by atoms with Gasteiger partial charge in [0.1, 0.15) is 5.82 Å². The van der Waals surface area contributed by atoms with Gasteiger partial charge in [0.25, 0.3) is 5.56 Å². The predicted molar refractivity (Wildman–Crippen MR) is 136 cm³/mol. The molecule has 2 aromatic heterocycles. The number of aromatic nitrogens is 5. The summed E-state index contributed by atoms with van der Waals surface area (Å²) in [6, 6.07) is 25.6. The number of nitrogens with two attached hydrogens (primary N) is 1. The number of anilines is 3. The minimum atomic E-state index is -0.204. The Labute approximate surface area is 204 Å². The second-order valence-electron chi connectivity index (χ2n) is 7.42. The van der Waals surface area contributed by atoms with Crippen molar-refractivity contribution in [1.29, 1.82) is 5.26 Å². The molecule has 0 bridgehead atoms. The van der Waals surface area contributed by atoms with Crippen LogP contribution in [-0.2, 0) is 5.75 Å². The van der Waals surface area contributed by atoms with E-state index >= 15 is 0 Å². The van der Waals surface area contributed by atoms with Crippen LogP contribution in [0.1, 0.15) is 11.4 Å². The van der Waals surface area contributed by atoms with Gasteiger partial charge in [-0.25, -0.2) is 4.98 Å². The van der Waals surface area contributed by atoms with E-state index in [0.29, 0.717) is 44.8 Å². The molecule has 0 unspecified atom stereocenters. The molecule has 0 aliphatic carbocycles. The van der Waals surface area contributed by atoms with Crippen molar-refractivity contribution in [3.8, 4) is 11.8 Å². The van der Waals surface area contributed by atoms with Crippen LogP contribution in [0.5, 0.6) is 0 Å². The minimum absolute atomic E-state index is 0.0879. The maximum absolute atomic E-state index is 13.4. The van der Waals surface area contributed by atoms with Crippen LogP contribution >= 0.6 is 11.8 Å². The molecule has 10 heteroatoms. The Morgan fingerprint density at radius 3 is 2.43 bits per heavy atom. The lowest BCUT2D eigenvalue weighted by atomic mass is 10.2. The Kier molecular flexibility index (Phi) is 6.07. The van der Waals surface area contributed by atoms with Gasteiger partial charge >= 0.3 is 0 Å². The van der Waals surface area contributed by atoms with E-state index in [-0.39, 0.29) is 11.5 Å². The van der Waals surface area contributed by atoms with Crippen LogP contribution in [0.3, 0.4) is 0 Å². The van der Waals surface area contributed by atoms with Gasteiger partial charge in [-0.2, -0.15) is 20.2 Å². The molecule has 0 aliphatic heterocycles. The Bertz CT molecular complexity index is 1610. The van der Waals surface area contributed by atoms with Gasteiger partial charge in [-0.15, -0.1) is 0 Å². The van der Waals surface area contributed by atoms with Crippen molar-refractivity contribution in [1.82, 2.24) is 24.5 Å². The number of nitrogens with zero attached hydrogens (tertiary/aromatic N) is 6. The summed E-state index contributed by atoms with van der Waals surface area (Å²) >= 11 is 1.31. The van der Waals surface area contributed by atoms with Gasteiger partial charge in [0, 0.05) is 5.69 Å². The number of nitriles is 1. The minimum Gasteiger partial charge on any atom is -0.368 e. The summed E-state index contributed by atoms with van der Waals surface area (Å²) in [4.78, 5) is 31.0. The molecule has 0 fully saturated rings. The van der Waals surface area contributed by atoms with Gasteiger partial charge in [0.2, 0.25) is 11.9 Å². The van der Waals surface area contributed by atoms with Gasteiger partial charge in [0.15, 0.2) is 5.16 Å². The van der Waals surface area contributed by atoms with Crippen molar-refractivity contribution in [2.24, 2.45) is 0 Å². The third kappa shape index (κ3) is 4.80. The van der Waals surface area contributed by atoms with E-state index in [9.17, 15) is 4.79 Å². The molecule has 3 aromatic carbocycles. The number of thioether (sulfide) groups is 1. The average Bonchev–Trinajstić information content (AvgIpc) is 2.88. The summed E-state index contributed by atoms with van der Waals surface area (Å²) < 4.78 is 1.53. The number of nitrogen functional groups attached to an aromatic ring is 1. The standard InChI is InChI=1S/C25H18N8OS/c26-14-16-10-12-18(13-11-16)33-22(34)19-8-4-5-9-20(19)29-25(33)35-15-21-30-23(27)32-24(31-21)28-17-6-2-1-3-7-17/h1-13H,15H2,(H3,27,28,30,31,32). The van der Waals surface area contributed by atoms with Gasteiger partial charge < -0.3 is 11.1 Å². The molecule has 0 amide bonds. The third-order valence-electron chi connectivity index (χ3n) is 5.06. The molecule has 5 aromatic rings. The number of benzene rings is 3. The Morgan fingerprint density at radius 1 is 0.914 bits per heavy atom. The van der Waals surface area contributed by atoms with E-state index in [2.05, 4.69) is 26.3 Å². The zero-order valence-corrected chi connectivity index (χ0v) is 19.1. The van der Waals surface area contributed by atoms with Crippen LogP contribution in [0, 0.1) is 11.3 Å². The quantitative estimate of drug-likeness (QED) is 0.273. The van der Waals surface area contributed by atoms with Crippen molar-refractivity contribution in [2.45, 2.75) is 10.9 Å². The van der Waals surface area contributed by atoms with E-state index in [1.165, 1.54) is 16.3 Å². The lowest BCUT2D eigenvalue weighted by molar-refractivity contribution is 0.818. The van der Waals surface area contributed by atoms with Crippen LogP contribution < -0.4 is 16.6 Å². The smallest absolute Gasteiger partial charge is 0.266 e. The third-order valence-corrected chi connectivity index (χ3v) is 5.99. The molecule has 0 atom stereocenters. The summed E-state index contributed by atoms with van der Waals surface area (Å²) in [5.41, 5.74) is 8.24. The fraction of sp³-hybridized carbons (Fsp3) is 0.0400. The van der Waals surface area contributed by atoms with Gasteiger partial charge in [-0.1, -0.05) is 42.1 Å². The van der Waals surface area contributed by atoms with Gasteiger partial charge in [0.05, 0.1) is 34.0 Å². The number of hydrogen-bond acceptors (Lipinski definition) is 9. The first kappa shape index (κ1) is 22.1. The molecular formula is C25H18N8OS. The van der Waals surface area contributed by atoms with Crippen molar-refractivity contribution in [3.05, 3.63) is 101 Å². The lowest BCUT2D eigenvalue weighted by Crippen LogP contribution is -2.21. The zero-order chi connectivity index (χ0) is 24.2. The molecule has 0 radical (unpaired) electrons. The largest absolute Gasteiger partial charge is 0.368 e. The van der Waals surface area contributed by atoms with Gasteiger partial charge in [-0.05, 0) is 48.5 Å². The van der Waals surface area contributed by atoms with Crippen LogP contribution in [0.4, 0.5) is 17.6 Å².